The van der Waals surface area contributed by atoms with Crippen molar-refractivity contribution in [2.75, 3.05) is 0 Å². The third-order valence-corrected chi connectivity index (χ3v) is 6.43. The molecule has 0 unspecified atom stereocenters. The van der Waals surface area contributed by atoms with Gasteiger partial charge in [-0.05, 0) is 44.6 Å². The van der Waals surface area contributed by atoms with Crippen molar-refractivity contribution in [3.05, 3.63) is 39.9 Å². The minimum atomic E-state index is -0.457. The molecular formula is C20H27N3O3. The van der Waals surface area contributed by atoms with Gasteiger partial charge in [-0.15, -0.1) is 0 Å². The number of non-ortho nitro benzene ring substituents is 1. The summed E-state index contributed by atoms with van der Waals surface area (Å²) in [5, 5.41) is 14.1. The summed E-state index contributed by atoms with van der Waals surface area (Å²) in [6.07, 6.45) is 11.1. The van der Waals surface area contributed by atoms with Gasteiger partial charge in [-0.25, -0.2) is 0 Å². The number of carbonyl (C=O) groups excluding carboxylic acids is 1. The molecule has 4 rings (SSSR count). The quantitative estimate of drug-likeness (QED) is 0.659. The number of nitro groups is 1. The Hall–Kier alpha value is -1.95. The maximum atomic E-state index is 12.6. The van der Waals surface area contributed by atoms with Crippen molar-refractivity contribution < 1.29 is 9.72 Å². The van der Waals surface area contributed by atoms with Gasteiger partial charge in [-0.3, -0.25) is 19.8 Å². The van der Waals surface area contributed by atoms with Gasteiger partial charge in [0, 0.05) is 41.9 Å². The van der Waals surface area contributed by atoms with Crippen molar-refractivity contribution in [3.63, 3.8) is 0 Å². The van der Waals surface area contributed by atoms with Gasteiger partial charge >= 0.3 is 0 Å². The zero-order valence-electron chi connectivity index (χ0n) is 15.1. The molecule has 3 fully saturated rings. The number of hydrogen-bond donors (Lipinski definition) is 1. The van der Waals surface area contributed by atoms with Crippen LogP contribution < -0.4 is 5.32 Å². The molecular weight excluding hydrogens is 330 g/mol. The molecule has 2 aliphatic heterocycles. The van der Waals surface area contributed by atoms with Crippen molar-refractivity contribution in [2.45, 2.75) is 82.0 Å². The van der Waals surface area contributed by atoms with Crippen LogP contribution in [0.25, 0.3) is 0 Å². The summed E-state index contributed by atoms with van der Waals surface area (Å²) in [6.45, 7) is 0. The largest absolute Gasteiger partial charge is 0.349 e. The first-order chi connectivity index (χ1) is 12.6. The van der Waals surface area contributed by atoms with Crippen molar-refractivity contribution >= 4 is 11.6 Å². The van der Waals surface area contributed by atoms with E-state index in [9.17, 15) is 14.9 Å². The van der Waals surface area contributed by atoms with Crippen molar-refractivity contribution in [1.82, 2.24) is 10.2 Å². The van der Waals surface area contributed by atoms with Crippen LogP contribution in [0, 0.1) is 10.1 Å². The Labute approximate surface area is 154 Å². The number of nitro benzene ring substituents is 1. The Kier molecular flexibility index (Phi) is 4.94. The summed E-state index contributed by atoms with van der Waals surface area (Å²) in [7, 11) is 0. The van der Waals surface area contributed by atoms with E-state index in [4.69, 9.17) is 0 Å². The van der Waals surface area contributed by atoms with E-state index in [1.165, 1.54) is 57.1 Å². The molecule has 2 bridgehead atoms. The first kappa shape index (κ1) is 17.5. The summed E-state index contributed by atoms with van der Waals surface area (Å²) < 4.78 is 0. The number of amides is 1. The number of piperidine rings is 2. The Morgan fingerprint density at radius 3 is 2.35 bits per heavy atom. The second-order valence-corrected chi connectivity index (χ2v) is 8.07. The molecule has 1 N–H and O–H groups in total. The maximum Gasteiger partial charge on any atom is 0.270 e. The van der Waals surface area contributed by atoms with E-state index in [2.05, 4.69) is 10.2 Å². The van der Waals surface area contributed by atoms with Crippen LogP contribution in [0.4, 0.5) is 5.69 Å². The molecule has 2 saturated heterocycles. The van der Waals surface area contributed by atoms with E-state index in [-0.39, 0.29) is 17.6 Å². The van der Waals surface area contributed by atoms with Gasteiger partial charge in [0.05, 0.1) is 4.92 Å². The number of hydrogen-bond acceptors (Lipinski definition) is 4. The molecule has 2 atom stereocenters. The second-order valence-electron chi connectivity index (χ2n) is 8.07. The number of nitrogens with one attached hydrogen (secondary N) is 1. The van der Waals surface area contributed by atoms with E-state index in [1.54, 1.807) is 12.1 Å². The highest BCUT2D eigenvalue weighted by Crippen LogP contribution is 2.39. The fourth-order valence-corrected chi connectivity index (χ4v) is 5.36. The number of nitrogens with zero attached hydrogens (tertiary/aromatic N) is 2. The molecule has 1 amide bonds. The van der Waals surface area contributed by atoms with Gasteiger partial charge < -0.3 is 5.32 Å². The standard InChI is InChI=1S/C20H27N3O3/c24-20(14-5-3-10-19(11-14)23(25)26)21-15-12-17-8-4-9-18(13-15)22(17)16-6-1-2-7-16/h3,5,10-11,15-18H,1-2,4,6-9,12-13H2,(H,21,24)/t17-,18-/m1/s1. The summed E-state index contributed by atoms with van der Waals surface area (Å²) >= 11 is 0. The minimum absolute atomic E-state index is 0.0365. The molecule has 1 aromatic rings. The van der Waals surface area contributed by atoms with Crippen LogP contribution in [-0.2, 0) is 0 Å². The van der Waals surface area contributed by atoms with Gasteiger partial charge in [-0.2, -0.15) is 0 Å². The number of benzene rings is 1. The summed E-state index contributed by atoms with van der Waals surface area (Å²) in [5.41, 5.74) is 0.341. The zero-order chi connectivity index (χ0) is 18.1. The third-order valence-electron chi connectivity index (χ3n) is 6.43. The van der Waals surface area contributed by atoms with Crippen LogP contribution in [0.3, 0.4) is 0 Å². The van der Waals surface area contributed by atoms with Crippen LogP contribution in [0.15, 0.2) is 24.3 Å². The number of carbonyl (C=O) groups is 1. The van der Waals surface area contributed by atoms with E-state index in [0.717, 1.165) is 18.9 Å². The average molecular weight is 357 g/mol. The average Bonchev–Trinajstić information content (AvgIpc) is 3.15. The van der Waals surface area contributed by atoms with Crippen molar-refractivity contribution in [3.8, 4) is 0 Å². The van der Waals surface area contributed by atoms with E-state index < -0.39 is 4.92 Å². The Balaban J connectivity index is 1.42. The molecule has 26 heavy (non-hydrogen) atoms. The van der Waals surface area contributed by atoms with Gasteiger partial charge in [0.25, 0.3) is 11.6 Å². The fourth-order valence-electron chi connectivity index (χ4n) is 5.36. The number of fused-ring (bicyclic) bond motifs is 2. The number of rotatable bonds is 4. The predicted molar refractivity (Wildman–Crippen MR) is 99.1 cm³/mol. The lowest BCUT2D eigenvalue weighted by atomic mass is 9.80. The molecule has 2 heterocycles. The monoisotopic (exact) mass is 357 g/mol. The lowest BCUT2D eigenvalue weighted by Gasteiger charge is -2.51. The van der Waals surface area contributed by atoms with Gasteiger partial charge in [0.1, 0.15) is 0 Å². The van der Waals surface area contributed by atoms with Gasteiger partial charge in [0.15, 0.2) is 0 Å². The lowest BCUT2D eigenvalue weighted by Crippen LogP contribution is -2.59. The SMILES string of the molecule is O=C(NC1C[C@H]2CCC[C@H](C1)N2C1CCCC1)c1cccc([N+](=O)[O-])c1. The molecule has 140 valence electrons. The van der Waals surface area contributed by atoms with Crippen LogP contribution in [0.5, 0.6) is 0 Å². The first-order valence-corrected chi connectivity index (χ1v) is 9.94. The van der Waals surface area contributed by atoms with Crippen LogP contribution in [0.1, 0.15) is 68.1 Å². The Bertz CT molecular complexity index is 673. The highest BCUT2D eigenvalue weighted by molar-refractivity contribution is 5.95. The van der Waals surface area contributed by atoms with Crippen LogP contribution in [0.2, 0.25) is 0 Å². The fraction of sp³-hybridized carbons (Fsp3) is 0.650. The molecule has 6 heteroatoms. The van der Waals surface area contributed by atoms with Crippen molar-refractivity contribution in [1.29, 1.82) is 0 Å². The highest BCUT2D eigenvalue weighted by atomic mass is 16.6. The predicted octanol–water partition coefficient (Wildman–Crippen LogP) is 3.65. The maximum absolute atomic E-state index is 12.6. The highest BCUT2D eigenvalue weighted by Gasteiger charge is 2.42. The molecule has 1 saturated carbocycles. The topological polar surface area (TPSA) is 75.5 Å². The first-order valence-electron chi connectivity index (χ1n) is 9.94. The smallest absolute Gasteiger partial charge is 0.270 e. The van der Waals surface area contributed by atoms with Gasteiger partial charge in [-0.1, -0.05) is 25.3 Å². The van der Waals surface area contributed by atoms with E-state index >= 15 is 0 Å². The molecule has 1 aromatic carbocycles. The lowest BCUT2D eigenvalue weighted by molar-refractivity contribution is -0.384. The second kappa shape index (κ2) is 7.35. The van der Waals surface area contributed by atoms with Crippen LogP contribution in [-0.4, -0.2) is 39.9 Å². The van der Waals surface area contributed by atoms with E-state index in [1.807, 2.05) is 0 Å². The molecule has 1 aliphatic carbocycles. The van der Waals surface area contributed by atoms with Crippen LogP contribution >= 0.6 is 0 Å². The molecule has 3 aliphatic rings. The third kappa shape index (κ3) is 3.47. The summed E-state index contributed by atoms with van der Waals surface area (Å²) in [6, 6.07) is 8.10. The van der Waals surface area contributed by atoms with Crippen molar-refractivity contribution in [2.24, 2.45) is 0 Å². The molecule has 0 aromatic heterocycles. The summed E-state index contributed by atoms with van der Waals surface area (Å²) in [5.74, 6) is -0.189. The molecule has 6 nitrogen and oxygen atoms in total. The minimum Gasteiger partial charge on any atom is -0.349 e. The zero-order valence-corrected chi connectivity index (χ0v) is 15.1. The summed E-state index contributed by atoms with van der Waals surface area (Å²) in [4.78, 5) is 25.9. The Morgan fingerprint density at radius 2 is 1.69 bits per heavy atom. The normalized spacial score (nSPS) is 29.5. The Morgan fingerprint density at radius 1 is 1.04 bits per heavy atom. The van der Waals surface area contributed by atoms with E-state index in [0.29, 0.717) is 17.6 Å². The van der Waals surface area contributed by atoms with Gasteiger partial charge in [0.2, 0.25) is 0 Å². The molecule has 0 spiro atoms. The molecule has 0 radical (unpaired) electrons.